The van der Waals surface area contributed by atoms with Gasteiger partial charge in [-0.15, -0.1) is 0 Å². The summed E-state index contributed by atoms with van der Waals surface area (Å²) in [6.45, 7) is 0. The maximum Gasteiger partial charge on any atom is 0.471 e. The number of rotatable bonds is 3. The third-order valence-corrected chi connectivity index (χ3v) is 4.33. The standard InChI is InChI=1S/C8H10F3NO5S/c9-8(10,11)6(15)12-7(3-5(13)14)1-2-18(16,17)4-7/h1-4H2,(H,12,15)(H,13,14). The van der Waals surface area contributed by atoms with Gasteiger partial charge in [-0.05, 0) is 6.42 Å². The molecule has 0 aromatic rings. The molecule has 0 aromatic heterocycles. The molecule has 2 N–H and O–H groups in total. The first-order valence-electron chi connectivity index (χ1n) is 4.77. The van der Waals surface area contributed by atoms with E-state index in [1.54, 1.807) is 0 Å². The van der Waals surface area contributed by atoms with Gasteiger partial charge < -0.3 is 10.4 Å². The van der Waals surface area contributed by atoms with E-state index in [2.05, 4.69) is 0 Å². The molecule has 1 saturated heterocycles. The highest BCUT2D eigenvalue weighted by Crippen LogP contribution is 2.28. The van der Waals surface area contributed by atoms with E-state index < -0.39 is 51.4 Å². The van der Waals surface area contributed by atoms with Crippen molar-refractivity contribution in [2.45, 2.75) is 24.6 Å². The molecule has 1 unspecified atom stereocenters. The van der Waals surface area contributed by atoms with E-state index in [9.17, 15) is 31.2 Å². The number of carbonyl (C=O) groups is 2. The lowest BCUT2D eigenvalue weighted by Crippen LogP contribution is -2.54. The predicted octanol–water partition coefficient (Wildman–Crippen LogP) is -0.303. The summed E-state index contributed by atoms with van der Waals surface area (Å²) in [6, 6.07) is 0. The molecule has 0 aromatic carbocycles. The molecule has 1 aliphatic rings. The summed E-state index contributed by atoms with van der Waals surface area (Å²) in [5.41, 5.74) is -1.88. The molecular weight excluding hydrogens is 279 g/mol. The number of sulfone groups is 1. The number of hydrogen-bond acceptors (Lipinski definition) is 4. The van der Waals surface area contributed by atoms with E-state index in [0.29, 0.717) is 0 Å². The number of carbonyl (C=O) groups excluding carboxylic acids is 1. The number of halogens is 3. The van der Waals surface area contributed by atoms with E-state index in [1.807, 2.05) is 0 Å². The molecule has 0 saturated carbocycles. The maximum absolute atomic E-state index is 12.1. The fraction of sp³-hybridized carbons (Fsp3) is 0.750. The predicted molar refractivity (Wildman–Crippen MR) is 52.5 cm³/mol. The van der Waals surface area contributed by atoms with Crippen LogP contribution < -0.4 is 5.32 Å². The van der Waals surface area contributed by atoms with E-state index in [-0.39, 0.29) is 6.42 Å². The highest BCUT2D eigenvalue weighted by Gasteiger charge is 2.49. The summed E-state index contributed by atoms with van der Waals surface area (Å²) in [5, 5.41) is 10.1. The van der Waals surface area contributed by atoms with Crippen LogP contribution in [0.3, 0.4) is 0 Å². The first kappa shape index (κ1) is 14.7. The zero-order valence-corrected chi connectivity index (χ0v) is 9.77. The summed E-state index contributed by atoms with van der Waals surface area (Å²) < 4.78 is 58.7. The van der Waals surface area contributed by atoms with Gasteiger partial charge in [0.05, 0.1) is 23.5 Å². The molecule has 1 amide bonds. The van der Waals surface area contributed by atoms with Crippen molar-refractivity contribution < 1.29 is 36.3 Å². The second kappa shape index (κ2) is 4.41. The molecule has 1 heterocycles. The zero-order valence-electron chi connectivity index (χ0n) is 8.95. The van der Waals surface area contributed by atoms with Gasteiger partial charge in [0.2, 0.25) is 0 Å². The summed E-state index contributed by atoms with van der Waals surface area (Å²) in [7, 11) is -3.64. The van der Waals surface area contributed by atoms with Gasteiger partial charge in [-0.3, -0.25) is 9.59 Å². The Kier molecular flexibility index (Phi) is 3.61. The lowest BCUT2D eigenvalue weighted by Gasteiger charge is -2.27. The third kappa shape index (κ3) is 3.59. The Labute approximate surface area is 100 Å². The van der Waals surface area contributed by atoms with Crippen LogP contribution in [0.2, 0.25) is 0 Å². The first-order chi connectivity index (χ1) is 7.96. The second-order valence-electron chi connectivity index (χ2n) is 4.14. The van der Waals surface area contributed by atoms with E-state index in [0.717, 1.165) is 0 Å². The van der Waals surface area contributed by atoms with Crippen molar-refractivity contribution in [2.24, 2.45) is 0 Å². The van der Waals surface area contributed by atoms with Gasteiger partial charge in [0.1, 0.15) is 0 Å². The number of hydrogen-bond donors (Lipinski definition) is 2. The molecule has 0 radical (unpaired) electrons. The molecular formula is C8H10F3NO5S. The van der Waals surface area contributed by atoms with Crippen LogP contribution in [-0.4, -0.2) is 48.6 Å². The molecule has 0 aliphatic carbocycles. The van der Waals surface area contributed by atoms with Crippen LogP contribution in [0.1, 0.15) is 12.8 Å². The largest absolute Gasteiger partial charge is 0.481 e. The van der Waals surface area contributed by atoms with Crippen LogP contribution in [0.5, 0.6) is 0 Å². The minimum atomic E-state index is -5.18. The Hall–Kier alpha value is -1.32. The van der Waals surface area contributed by atoms with E-state index >= 15 is 0 Å². The summed E-state index contributed by atoms with van der Waals surface area (Å²) in [5.74, 6) is -5.05. The molecule has 10 heteroatoms. The Balaban J connectivity index is 2.94. The van der Waals surface area contributed by atoms with Crippen LogP contribution in [-0.2, 0) is 19.4 Å². The second-order valence-corrected chi connectivity index (χ2v) is 6.33. The van der Waals surface area contributed by atoms with Crippen LogP contribution in [0.4, 0.5) is 13.2 Å². The SMILES string of the molecule is O=C(O)CC1(NC(=O)C(F)(F)F)CCS(=O)(=O)C1. The van der Waals surface area contributed by atoms with Crippen molar-refractivity contribution in [3.63, 3.8) is 0 Å². The van der Waals surface area contributed by atoms with Crippen LogP contribution in [0, 0.1) is 0 Å². The Morgan fingerprint density at radius 1 is 1.33 bits per heavy atom. The van der Waals surface area contributed by atoms with Gasteiger partial charge in [-0.25, -0.2) is 8.42 Å². The fourth-order valence-electron chi connectivity index (χ4n) is 1.80. The Bertz CT molecular complexity index is 472. The van der Waals surface area contributed by atoms with E-state index in [1.165, 1.54) is 5.32 Å². The number of aliphatic carboxylic acids is 1. The third-order valence-electron chi connectivity index (χ3n) is 2.51. The van der Waals surface area contributed by atoms with Crippen molar-refractivity contribution in [3.05, 3.63) is 0 Å². The summed E-state index contributed by atoms with van der Waals surface area (Å²) in [4.78, 5) is 21.4. The highest BCUT2D eigenvalue weighted by atomic mass is 32.2. The molecule has 1 aliphatic heterocycles. The fourth-order valence-corrected chi connectivity index (χ4v) is 3.81. The van der Waals surface area contributed by atoms with Gasteiger partial charge in [0, 0.05) is 0 Å². The van der Waals surface area contributed by atoms with Gasteiger partial charge in [0.15, 0.2) is 9.84 Å². The summed E-state index contributed by atoms with van der Waals surface area (Å²) >= 11 is 0. The first-order valence-corrected chi connectivity index (χ1v) is 6.60. The van der Waals surface area contributed by atoms with Crippen molar-refractivity contribution >= 4 is 21.7 Å². The number of carboxylic acids is 1. The minimum absolute atomic E-state index is 0.344. The molecule has 18 heavy (non-hydrogen) atoms. The van der Waals surface area contributed by atoms with Crippen LogP contribution >= 0.6 is 0 Å². The Morgan fingerprint density at radius 3 is 2.22 bits per heavy atom. The van der Waals surface area contributed by atoms with Crippen molar-refractivity contribution in [1.82, 2.24) is 5.32 Å². The number of amides is 1. The Morgan fingerprint density at radius 2 is 1.89 bits per heavy atom. The average molecular weight is 289 g/mol. The van der Waals surface area contributed by atoms with Crippen LogP contribution in [0.15, 0.2) is 0 Å². The molecule has 0 bridgehead atoms. The van der Waals surface area contributed by atoms with Gasteiger partial charge in [0.25, 0.3) is 0 Å². The molecule has 1 rings (SSSR count). The van der Waals surface area contributed by atoms with Crippen molar-refractivity contribution in [3.8, 4) is 0 Å². The average Bonchev–Trinajstić information content (AvgIpc) is 2.38. The smallest absolute Gasteiger partial charge is 0.471 e. The summed E-state index contributed by atoms with van der Waals surface area (Å²) in [6.07, 6.45) is -6.39. The lowest BCUT2D eigenvalue weighted by atomic mass is 9.94. The molecule has 1 fully saturated rings. The van der Waals surface area contributed by atoms with Crippen LogP contribution in [0.25, 0.3) is 0 Å². The monoisotopic (exact) mass is 289 g/mol. The molecule has 0 spiro atoms. The number of nitrogens with one attached hydrogen (secondary N) is 1. The highest BCUT2D eigenvalue weighted by molar-refractivity contribution is 7.91. The molecule has 1 atom stereocenters. The van der Waals surface area contributed by atoms with Crippen molar-refractivity contribution in [1.29, 1.82) is 0 Å². The van der Waals surface area contributed by atoms with E-state index in [4.69, 9.17) is 5.11 Å². The molecule has 6 nitrogen and oxygen atoms in total. The van der Waals surface area contributed by atoms with Gasteiger partial charge >= 0.3 is 18.1 Å². The normalized spacial score (nSPS) is 26.8. The van der Waals surface area contributed by atoms with Crippen molar-refractivity contribution in [2.75, 3.05) is 11.5 Å². The lowest BCUT2D eigenvalue weighted by molar-refractivity contribution is -0.175. The number of carboxylic acid groups (broad SMARTS) is 1. The minimum Gasteiger partial charge on any atom is -0.481 e. The van der Waals surface area contributed by atoms with Gasteiger partial charge in [-0.1, -0.05) is 0 Å². The molecule has 104 valence electrons. The quantitative estimate of drug-likeness (QED) is 0.742. The number of alkyl halides is 3. The van der Waals surface area contributed by atoms with Gasteiger partial charge in [-0.2, -0.15) is 13.2 Å². The zero-order chi connectivity index (χ0) is 14.2. The maximum atomic E-state index is 12.1. The topological polar surface area (TPSA) is 101 Å².